The molecule has 1 aliphatic heterocycles. The van der Waals surface area contributed by atoms with E-state index in [1.807, 2.05) is 24.8 Å². The summed E-state index contributed by atoms with van der Waals surface area (Å²) >= 11 is 1.92. The number of aryl methyl sites for hydroxylation is 1. The van der Waals surface area contributed by atoms with Gasteiger partial charge in [0, 0.05) is 10.5 Å². The normalized spacial score (nSPS) is 16.2. The molecule has 0 unspecified atom stereocenters. The highest BCUT2D eigenvalue weighted by Crippen LogP contribution is 2.43. The molecule has 1 heterocycles. The molecule has 0 fully saturated rings. The minimum absolute atomic E-state index is 0.0178. The lowest BCUT2D eigenvalue weighted by Gasteiger charge is -2.33. The summed E-state index contributed by atoms with van der Waals surface area (Å²) in [6, 6.07) is 9.00. The molecule has 26 heavy (non-hydrogen) atoms. The van der Waals surface area contributed by atoms with E-state index in [1.54, 1.807) is 6.07 Å². The Morgan fingerprint density at radius 1 is 1.23 bits per heavy atom. The molecule has 3 rings (SSSR count). The molecule has 0 radical (unpaired) electrons. The first-order chi connectivity index (χ1) is 12.2. The van der Waals surface area contributed by atoms with E-state index in [4.69, 9.17) is 5.11 Å². The number of hydrogen-bond donors (Lipinski definition) is 2. The molecule has 2 aromatic carbocycles. The zero-order valence-electron chi connectivity index (χ0n) is 15.6. The Balaban J connectivity index is 2.04. The van der Waals surface area contributed by atoms with E-state index in [1.165, 1.54) is 33.7 Å². The molecule has 136 valence electrons. The van der Waals surface area contributed by atoms with Crippen LogP contribution in [0.15, 0.2) is 35.2 Å². The second kappa shape index (κ2) is 6.84. The second-order valence-electron chi connectivity index (χ2n) is 7.55. The topological polar surface area (TPSA) is 57.5 Å². The van der Waals surface area contributed by atoms with Gasteiger partial charge >= 0.3 is 5.97 Å². The quantitative estimate of drug-likeness (QED) is 0.679. The fourth-order valence-electron chi connectivity index (χ4n) is 3.42. The first-order valence-electron chi connectivity index (χ1n) is 8.72. The largest absolute Gasteiger partial charge is 0.507 e. The number of carboxylic acids is 1. The van der Waals surface area contributed by atoms with Gasteiger partial charge in [-0.05, 0) is 84.0 Å². The number of carboxylic acid groups (broad SMARTS) is 1. The zero-order valence-corrected chi connectivity index (χ0v) is 16.4. The number of benzene rings is 2. The van der Waals surface area contributed by atoms with Crippen molar-refractivity contribution in [2.75, 3.05) is 5.75 Å². The maximum atomic E-state index is 11.0. The second-order valence-corrected chi connectivity index (χ2v) is 8.69. The van der Waals surface area contributed by atoms with E-state index < -0.39 is 5.97 Å². The van der Waals surface area contributed by atoms with Gasteiger partial charge in [-0.15, -0.1) is 11.8 Å². The minimum Gasteiger partial charge on any atom is -0.507 e. The summed E-state index contributed by atoms with van der Waals surface area (Å²) in [5, 5.41) is 19.2. The SMILES string of the molecule is CC(=Cc1ccc(C(=O)O)cc1O)c1cc2c(cc1C)SCCC2(C)C. The average molecular weight is 368 g/mol. The number of aromatic hydroxyl groups is 1. The van der Waals surface area contributed by atoms with Gasteiger partial charge in [0.25, 0.3) is 0 Å². The Bertz CT molecular complexity index is 910. The van der Waals surface area contributed by atoms with Crippen molar-refractivity contribution < 1.29 is 15.0 Å². The van der Waals surface area contributed by atoms with Crippen molar-refractivity contribution in [3.63, 3.8) is 0 Å². The highest BCUT2D eigenvalue weighted by atomic mass is 32.2. The van der Waals surface area contributed by atoms with Crippen molar-refractivity contribution in [3.05, 3.63) is 58.1 Å². The third kappa shape index (κ3) is 3.51. The van der Waals surface area contributed by atoms with Gasteiger partial charge in [-0.1, -0.05) is 19.9 Å². The van der Waals surface area contributed by atoms with Gasteiger partial charge in [-0.25, -0.2) is 4.79 Å². The van der Waals surface area contributed by atoms with Gasteiger partial charge < -0.3 is 10.2 Å². The lowest BCUT2D eigenvalue weighted by atomic mass is 9.80. The van der Waals surface area contributed by atoms with Crippen LogP contribution in [0.2, 0.25) is 0 Å². The summed E-state index contributed by atoms with van der Waals surface area (Å²) in [6.07, 6.45) is 3.08. The van der Waals surface area contributed by atoms with E-state index in [2.05, 4.69) is 32.9 Å². The predicted octanol–water partition coefficient (Wildman–Crippen LogP) is 5.73. The summed E-state index contributed by atoms with van der Waals surface area (Å²) in [7, 11) is 0. The van der Waals surface area contributed by atoms with Crippen molar-refractivity contribution in [1.29, 1.82) is 0 Å². The van der Waals surface area contributed by atoms with Crippen LogP contribution in [-0.4, -0.2) is 21.9 Å². The molecule has 1 aliphatic rings. The van der Waals surface area contributed by atoms with Gasteiger partial charge in [0.05, 0.1) is 5.56 Å². The molecule has 0 saturated heterocycles. The lowest BCUT2D eigenvalue weighted by molar-refractivity contribution is 0.0696. The van der Waals surface area contributed by atoms with Gasteiger partial charge in [-0.2, -0.15) is 0 Å². The summed E-state index contributed by atoms with van der Waals surface area (Å²) in [4.78, 5) is 12.4. The number of hydrogen-bond acceptors (Lipinski definition) is 3. The third-order valence-electron chi connectivity index (χ3n) is 5.11. The molecular formula is C22H24O3S. The van der Waals surface area contributed by atoms with E-state index in [9.17, 15) is 9.90 Å². The third-order valence-corrected chi connectivity index (χ3v) is 6.17. The first kappa shape index (κ1) is 18.6. The molecule has 0 aromatic heterocycles. The molecule has 2 N–H and O–H groups in total. The van der Waals surface area contributed by atoms with Crippen LogP contribution in [0.3, 0.4) is 0 Å². The Kier molecular flexibility index (Phi) is 4.89. The summed E-state index contributed by atoms with van der Waals surface area (Å²) in [5.41, 5.74) is 5.68. The van der Waals surface area contributed by atoms with Crippen LogP contribution in [0.4, 0.5) is 0 Å². The van der Waals surface area contributed by atoms with Crippen LogP contribution >= 0.6 is 11.8 Å². The lowest BCUT2D eigenvalue weighted by Crippen LogP contribution is -2.23. The number of fused-ring (bicyclic) bond motifs is 1. The molecule has 0 spiro atoms. The molecular weight excluding hydrogens is 344 g/mol. The van der Waals surface area contributed by atoms with Crippen LogP contribution in [0.5, 0.6) is 5.75 Å². The number of rotatable bonds is 3. The maximum absolute atomic E-state index is 11.0. The van der Waals surface area contributed by atoms with Crippen molar-refractivity contribution in [2.45, 2.75) is 44.4 Å². The monoisotopic (exact) mass is 368 g/mol. The number of phenols is 1. The summed E-state index contributed by atoms with van der Waals surface area (Å²) < 4.78 is 0. The standard InChI is InChI=1S/C22H24O3S/c1-13(9-15-5-6-16(21(24)25)11-19(15)23)17-12-18-20(10-14(17)2)26-8-7-22(18,3)4/h5-6,9-12,23H,7-8H2,1-4H3,(H,24,25). The number of aromatic carboxylic acids is 1. The minimum atomic E-state index is -1.04. The molecule has 4 heteroatoms. The number of thioether (sulfide) groups is 1. The highest BCUT2D eigenvalue weighted by molar-refractivity contribution is 7.99. The maximum Gasteiger partial charge on any atom is 0.335 e. The van der Waals surface area contributed by atoms with Crippen molar-refractivity contribution in [2.24, 2.45) is 0 Å². The van der Waals surface area contributed by atoms with E-state index >= 15 is 0 Å². The van der Waals surface area contributed by atoms with Crippen molar-refractivity contribution in [3.8, 4) is 5.75 Å². The molecule has 0 saturated carbocycles. The van der Waals surface area contributed by atoms with Crippen LogP contribution in [0.1, 0.15) is 59.8 Å². The fraction of sp³-hybridized carbons (Fsp3) is 0.318. The molecule has 2 aromatic rings. The molecule has 3 nitrogen and oxygen atoms in total. The van der Waals surface area contributed by atoms with Crippen LogP contribution in [0.25, 0.3) is 11.6 Å². The Morgan fingerprint density at radius 3 is 2.62 bits per heavy atom. The van der Waals surface area contributed by atoms with Gasteiger partial charge in [0.2, 0.25) is 0 Å². The summed E-state index contributed by atoms with van der Waals surface area (Å²) in [6.45, 7) is 8.73. The number of allylic oxidation sites excluding steroid dienone is 1. The Morgan fingerprint density at radius 2 is 1.96 bits per heavy atom. The summed E-state index contributed by atoms with van der Waals surface area (Å²) in [5.74, 6) is 0.0887. The Labute approximate surface area is 158 Å². The van der Waals surface area contributed by atoms with E-state index in [-0.39, 0.29) is 16.7 Å². The molecule has 0 aliphatic carbocycles. The average Bonchev–Trinajstić information content (AvgIpc) is 2.55. The van der Waals surface area contributed by atoms with Crippen LogP contribution in [0, 0.1) is 6.92 Å². The molecule has 0 bridgehead atoms. The Hall–Kier alpha value is -2.20. The van der Waals surface area contributed by atoms with Gasteiger partial charge in [0.1, 0.15) is 5.75 Å². The number of carbonyl (C=O) groups is 1. The van der Waals surface area contributed by atoms with Gasteiger partial charge in [-0.3, -0.25) is 0 Å². The van der Waals surface area contributed by atoms with Crippen LogP contribution < -0.4 is 0 Å². The smallest absolute Gasteiger partial charge is 0.335 e. The predicted molar refractivity (Wildman–Crippen MR) is 108 cm³/mol. The van der Waals surface area contributed by atoms with Crippen molar-refractivity contribution in [1.82, 2.24) is 0 Å². The van der Waals surface area contributed by atoms with Crippen LogP contribution in [-0.2, 0) is 5.41 Å². The van der Waals surface area contributed by atoms with Gasteiger partial charge in [0.15, 0.2) is 0 Å². The van der Waals surface area contributed by atoms with E-state index in [0.29, 0.717) is 5.56 Å². The highest BCUT2D eigenvalue weighted by Gasteiger charge is 2.28. The first-order valence-corrected chi connectivity index (χ1v) is 9.70. The zero-order chi connectivity index (χ0) is 19.1. The van der Waals surface area contributed by atoms with E-state index in [0.717, 1.165) is 17.7 Å². The van der Waals surface area contributed by atoms with Crippen molar-refractivity contribution >= 4 is 29.4 Å². The number of phenolic OH excluding ortho intramolecular Hbond substituents is 1. The fourth-order valence-corrected chi connectivity index (χ4v) is 5.00. The molecule has 0 atom stereocenters. The molecule has 0 amide bonds.